The Morgan fingerprint density at radius 1 is 1.31 bits per heavy atom. The summed E-state index contributed by atoms with van der Waals surface area (Å²) in [6.07, 6.45) is 0. The maximum atomic E-state index is 11.5. The standard InChI is InChI=1S/C11H9ClN2OS/c1-14-9(6-10(16)13-11(14)15)7-2-4-8(12)5-3-7/h2-6H,1H3,(H,13,15,16). The minimum Gasteiger partial charge on any atom is -0.298 e. The predicted octanol–water partition coefficient (Wildman–Crippen LogP) is 2.76. The molecule has 0 spiro atoms. The topological polar surface area (TPSA) is 37.8 Å². The molecule has 0 unspecified atom stereocenters. The van der Waals surface area contributed by atoms with Gasteiger partial charge in [-0.15, -0.1) is 0 Å². The zero-order valence-electron chi connectivity index (χ0n) is 8.53. The Balaban J connectivity index is 2.69. The minimum absolute atomic E-state index is 0.225. The number of rotatable bonds is 1. The number of aromatic amines is 1. The van der Waals surface area contributed by atoms with Crippen molar-refractivity contribution in [1.29, 1.82) is 0 Å². The summed E-state index contributed by atoms with van der Waals surface area (Å²) >= 11 is 10.8. The Labute approximate surface area is 102 Å². The first kappa shape index (κ1) is 11.1. The van der Waals surface area contributed by atoms with E-state index in [2.05, 4.69) is 4.98 Å². The molecular formula is C11H9ClN2OS. The van der Waals surface area contributed by atoms with E-state index >= 15 is 0 Å². The van der Waals surface area contributed by atoms with Crippen LogP contribution in [0.4, 0.5) is 0 Å². The molecule has 0 saturated carbocycles. The van der Waals surface area contributed by atoms with Crippen LogP contribution in [-0.4, -0.2) is 9.55 Å². The van der Waals surface area contributed by atoms with E-state index in [1.165, 1.54) is 4.57 Å². The van der Waals surface area contributed by atoms with E-state index in [4.69, 9.17) is 23.8 Å². The van der Waals surface area contributed by atoms with E-state index in [0.717, 1.165) is 11.3 Å². The lowest BCUT2D eigenvalue weighted by atomic mass is 10.1. The number of nitrogens with zero attached hydrogens (tertiary/aromatic N) is 1. The van der Waals surface area contributed by atoms with Gasteiger partial charge < -0.3 is 0 Å². The molecule has 2 rings (SSSR count). The lowest BCUT2D eigenvalue weighted by Gasteiger charge is -2.07. The van der Waals surface area contributed by atoms with Gasteiger partial charge in [-0.3, -0.25) is 9.55 Å². The van der Waals surface area contributed by atoms with Gasteiger partial charge in [0.25, 0.3) is 0 Å². The van der Waals surface area contributed by atoms with Gasteiger partial charge in [0.15, 0.2) is 0 Å². The highest BCUT2D eigenvalue weighted by Gasteiger charge is 2.03. The molecule has 1 heterocycles. The van der Waals surface area contributed by atoms with E-state index in [0.29, 0.717) is 9.66 Å². The van der Waals surface area contributed by atoms with E-state index in [9.17, 15) is 4.79 Å². The molecule has 0 radical (unpaired) electrons. The van der Waals surface area contributed by atoms with E-state index in [1.54, 1.807) is 25.2 Å². The van der Waals surface area contributed by atoms with Crippen molar-refractivity contribution in [2.45, 2.75) is 0 Å². The highest BCUT2D eigenvalue weighted by atomic mass is 35.5. The average molecular weight is 253 g/mol. The largest absolute Gasteiger partial charge is 0.326 e. The number of benzene rings is 1. The number of hydrogen-bond donors (Lipinski definition) is 1. The summed E-state index contributed by atoms with van der Waals surface area (Å²) in [5, 5.41) is 0.662. The molecule has 0 aliphatic carbocycles. The first-order chi connectivity index (χ1) is 7.58. The number of hydrogen-bond acceptors (Lipinski definition) is 2. The first-order valence-electron chi connectivity index (χ1n) is 4.64. The van der Waals surface area contributed by atoms with Gasteiger partial charge in [-0.05, 0) is 23.8 Å². The molecule has 0 aliphatic heterocycles. The first-order valence-corrected chi connectivity index (χ1v) is 5.43. The molecule has 2 aromatic rings. The molecule has 3 nitrogen and oxygen atoms in total. The maximum Gasteiger partial charge on any atom is 0.326 e. The second kappa shape index (κ2) is 4.23. The Morgan fingerprint density at radius 2 is 1.94 bits per heavy atom. The molecule has 0 amide bonds. The highest BCUT2D eigenvalue weighted by Crippen LogP contribution is 2.19. The lowest BCUT2D eigenvalue weighted by molar-refractivity contribution is 0.816. The molecule has 16 heavy (non-hydrogen) atoms. The third kappa shape index (κ3) is 2.08. The van der Waals surface area contributed by atoms with Crippen molar-refractivity contribution in [1.82, 2.24) is 9.55 Å². The van der Waals surface area contributed by atoms with Crippen LogP contribution < -0.4 is 5.69 Å². The van der Waals surface area contributed by atoms with Gasteiger partial charge in [0.2, 0.25) is 0 Å². The molecule has 0 aliphatic rings. The van der Waals surface area contributed by atoms with Crippen LogP contribution in [0.25, 0.3) is 11.3 Å². The molecule has 0 bridgehead atoms. The summed E-state index contributed by atoms with van der Waals surface area (Å²) in [7, 11) is 1.69. The Hall–Kier alpha value is -1.39. The molecule has 1 aromatic heterocycles. The normalized spacial score (nSPS) is 10.4. The third-order valence-corrected chi connectivity index (χ3v) is 2.78. The summed E-state index contributed by atoms with van der Waals surface area (Å²) < 4.78 is 1.94. The van der Waals surface area contributed by atoms with Gasteiger partial charge in [-0.1, -0.05) is 36.0 Å². The summed E-state index contributed by atoms with van der Waals surface area (Å²) in [4.78, 5) is 14.1. The average Bonchev–Trinajstić information content (AvgIpc) is 2.25. The van der Waals surface area contributed by atoms with Crippen LogP contribution in [0.15, 0.2) is 35.1 Å². The SMILES string of the molecule is Cn1c(-c2ccc(Cl)cc2)cc(=S)[nH]c1=O. The van der Waals surface area contributed by atoms with Gasteiger partial charge in [-0.25, -0.2) is 4.79 Å². The minimum atomic E-state index is -0.225. The molecule has 0 saturated heterocycles. The molecule has 1 N–H and O–H groups in total. The van der Waals surface area contributed by atoms with Crippen LogP contribution in [-0.2, 0) is 7.05 Å². The summed E-state index contributed by atoms with van der Waals surface area (Å²) in [6.45, 7) is 0. The van der Waals surface area contributed by atoms with Gasteiger partial charge >= 0.3 is 5.69 Å². The lowest BCUT2D eigenvalue weighted by Crippen LogP contribution is -2.21. The van der Waals surface area contributed by atoms with Crippen molar-refractivity contribution in [2.75, 3.05) is 0 Å². The fourth-order valence-electron chi connectivity index (χ4n) is 1.45. The second-order valence-electron chi connectivity index (χ2n) is 3.39. The molecule has 0 fully saturated rings. The van der Waals surface area contributed by atoms with Crippen LogP contribution >= 0.6 is 23.8 Å². The van der Waals surface area contributed by atoms with Crippen molar-refractivity contribution < 1.29 is 0 Å². The van der Waals surface area contributed by atoms with E-state index < -0.39 is 0 Å². The number of aromatic nitrogens is 2. The zero-order valence-corrected chi connectivity index (χ0v) is 10.1. The zero-order chi connectivity index (χ0) is 11.7. The Morgan fingerprint density at radius 3 is 2.56 bits per heavy atom. The smallest absolute Gasteiger partial charge is 0.298 e. The van der Waals surface area contributed by atoms with Crippen molar-refractivity contribution in [3.63, 3.8) is 0 Å². The molecular weight excluding hydrogens is 244 g/mol. The monoisotopic (exact) mass is 252 g/mol. The fourth-order valence-corrected chi connectivity index (χ4v) is 1.78. The van der Waals surface area contributed by atoms with Crippen LogP contribution in [0.5, 0.6) is 0 Å². The fraction of sp³-hybridized carbons (Fsp3) is 0.0909. The van der Waals surface area contributed by atoms with Crippen molar-refractivity contribution in [2.24, 2.45) is 7.05 Å². The van der Waals surface area contributed by atoms with Crippen LogP contribution in [0.2, 0.25) is 5.02 Å². The van der Waals surface area contributed by atoms with Crippen molar-refractivity contribution in [3.8, 4) is 11.3 Å². The number of nitrogens with one attached hydrogen (secondary N) is 1. The molecule has 1 aromatic carbocycles. The van der Waals surface area contributed by atoms with E-state index in [-0.39, 0.29) is 5.69 Å². The maximum absolute atomic E-state index is 11.5. The Kier molecular flexibility index (Phi) is 2.94. The summed E-state index contributed by atoms with van der Waals surface area (Å²) in [6, 6.07) is 9.01. The molecule has 0 atom stereocenters. The van der Waals surface area contributed by atoms with Crippen molar-refractivity contribution >= 4 is 23.8 Å². The summed E-state index contributed by atoms with van der Waals surface area (Å²) in [5.41, 5.74) is 1.45. The van der Waals surface area contributed by atoms with Crippen LogP contribution in [0.1, 0.15) is 0 Å². The predicted molar refractivity (Wildman–Crippen MR) is 67.3 cm³/mol. The van der Waals surface area contributed by atoms with Crippen LogP contribution in [0.3, 0.4) is 0 Å². The van der Waals surface area contributed by atoms with Crippen LogP contribution in [0, 0.1) is 4.64 Å². The second-order valence-corrected chi connectivity index (χ2v) is 4.27. The van der Waals surface area contributed by atoms with Crippen molar-refractivity contribution in [3.05, 3.63) is 50.5 Å². The van der Waals surface area contributed by atoms with Gasteiger partial charge in [0.1, 0.15) is 4.64 Å². The van der Waals surface area contributed by atoms with Gasteiger partial charge in [-0.2, -0.15) is 0 Å². The highest BCUT2D eigenvalue weighted by molar-refractivity contribution is 7.71. The van der Waals surface area contributed by atoms with E-state index in [1.807, 2.05) is 12.1 Å². The third-order valence-electron chi connectivity index (χ3n) is 2.30. The molecule has 82 valence electrons. The Bertz CT molecular complexity index is 628. The number of halogens is 1. The van der Waals surface area contributed by atoms with Gasteiger partial charge in [0, 0.05) is 12.1 Å². The number of H-pyrrole nitrogens is 1. The quantitative estimate of drug-likeness (QED) is 0.793. The molecule has 5 heteroatoms. The van der Waals surface area contributed by atoms with Gasteiger partial charge in [0.05, 0.1) is 5.69 Å². The summed E-state index contributed by atoms with van der Waals surface area (Å²) in [5.74, 6) is 0.